The molecule has 2 atom stereocenters. The molecule has 2 heteroatoms. The number of carbonyl (C=O) groups excluding carboxylic acids is 1. The van der Waals surface area contributed by atoms with Gasteiger partial charge in [0.1, 0.15) is 0 Å². The van der Waals surface area contributed by atoms with Crippen LogP contribution in [-0.2, 0) is 9.53 Å². The molecule has 3 rings (SSSR count). The summed E-state index contributed by atoms with van der Waals surface area (Å²) in [6, 6.07) is 0. The van der Waals surface area contributed by atoms with Crippen LogP contribution in [0.2, 0.25) is 0 Å². The molecule has 0 spiro atoms. The summed E-state index contributed by atoms with van der Waals surface area (Å²) in [5.41, 5.74) is 0.876. The normalized spacial score (nSPS) is 30.1. The molecule has 2 nitrogen and oxygen atoms in total. The highest BCUT2D eigenvalue weighted by Gasteiger charge is 2.29. The van der Waals surface area contributed by atoms with E-state index in [2.05, 4.69) is 18.2 Å². The van der Waals surface area contributed by atoms with Gasteiger partial charge in [0.2, 0.25) is 0 Å². The number of esters is 1. The van der Waals surface area contributed by atoms with Gasteiger partial charge in [0, 0.05) is 11.5 Å². The Hall–Kier alpha value is -1.05. The summed E-state index contributed by atoms with van der Waals surface area (Å²) < 4.78 is 4.99. The van der Waals surface area contributed by atoms with Gasteiger partial charge in [0.15, 0.2) is 0 Å². The highest BCUT2D eigenvalue weighted by Crippen LogP contribution is 2.35. The number of ether oxygens (including phenoxy) is 1. The molecule has 0 fully saturated rings. The van der Waals surface area contributed by atoms with Crippen molar-refractivity contribution in [1.82, 2.24) is 0 Å². The zero-order valence-corrected chi connectivity index (χ0v) is 7.82. The predicted octanol–water partition coefficient (Wildman–Crippen LogP) is 2.07. The maximum Gasteiger partial charge on any atom is 0.334 e. The van der Waals surface area contributed by atoms with Crippen molar-refractivity contribution in [2.45, 2.75) is 19.8 Å². The summed E-state index contributed by atoms with van der Waals surface area (Å²) in [5, 5.41) is 0. The molecule has 0 radical (unpaired) electrons. The lowest BCUT2D eigenvalue weighted by molar-refractivity contribution is -0.139. The van der Waals surface area contributed by atoms with E-state index in [4.69, 9.17) is 4.74 Å². The second-order valence-electron chi connectivity index (χ2n) is 3.58. The average molecular weight is 178 g/mol. The van der Waals surface area contributed by atoms with Gasteiger partial charge >= 0.3 is 5.97 Å². The monoisotopic (exact) mass is 178 g/mol. The Bertz CT molecular complexity index is 276. The molecule has 0 aromatic heterocycles. The molecule has 0 aromatic carbocycles. The molecule has 0 aliphatic heterocycles. The standard InChI is InChI=1S/C11H14O2/c1-2-13-11(12)10-7-8-3-5-9(10)6-4-8/h3,5,7-9H,2,4,6H2,1H3/t8-,9-/m0/s1. The van der Waals surface area contributed by atoms with Crippen molar-refractivity contribution >= 4 is 5.97 Å². The Morgan fingerprint density at radius 1 is 1.54 bits per heavy atom. The minimum absolute atomic E-state index is 0.124. The Kier molecular flexibility index (Phi) is 2.21. The summed E-state index contributed by atoms with van der Waals surface area (Å²) in [6.07, 6.45) is 8.68. The van der Waals surface area contributed by atoms with Gasteiger partial charge in [-0.1, -0.05) is 18.2 Å². The first-order valence-corrected chi connectivity index (χ1v) is 4.88. The van der Waals surface area contributed by atoms with Crippen LogP contribution in [0.3, 0.4) is 0 Å². The highest BCUT2D eigenvalue weighted by atomic mass is 16.5. The number of allylic oxidation sites excluding steroid dienone is 3. The lowest BCUT2D eigenvalue weighted by Gasteiger charge is -2.28. The topological polar surface area (TPSA) is 26.3 Å². The molecular formula is C11H14O2. The first-order valence-electron chi connectivity index (χ1n) is 4.88. The molecule has 0 saturated heterocycles. The van der Waals surface area contributed by atoms with Crippen LogP contribution >= 0.6 is 0 Å². The maximum absolute atomic E-state index is 11.5. The second kappa shape index (κ2) is 3.36. The van der Waals surface area contributed by atoms with E-state index in [1.807, 2.05) is 6.92 Å². The SMILES string of the molecule is CCOC(=O)C1=C[C@H]2C=C[C@H]1CC2. The second-order valence-corrected chi connectivity index (χ2v) is 3.58. The molecule has 0 saturated carbocycles. The van der Waals surface area contributed by atoms with E-state index >= 15 is 0 Å². The molecule has 0 amide bonds. The fraction of sp³-hybridized carbons (Fsp3) is 0.545. The van der Waals surface area contributed by atoms with Gasteiger partial charge in [0.25, 0.3) is 0 Å². The fourth-order valence-electron chi connectivity index (χ4n) is 2.03. The van der Waals surface area contributed by atoms with E-state index in [1.165, 1.54) is 6.42 Å². The zero-order chi connectivity index (χ0) is 9.26. The minimum atomic E-state index is -0.124. The summed E-state index contributed by atoms with van der Waals surface area (Å²) in [6.45, 7) is 2.31. The van der Waals surface area contributed by atoms with Gasteiger partial charge in [-0.3, -0.25) is 0 Å². The minimum Gasteiger partial charge on any atom is -0.463 e. The lowest BCUT2D eigenvalue weighted by atomic mass is 9.77. The van der Waals surface area contributed by atoms with Crippen LogP contribution in [0.1, 0.15) is 19.8 Å². The van der Waals surface area contributed by atoms with Crippen molar-refractivity contribution < 1.29 is 9.53 Å². The smallest absolute Gasteiger partial charge is 0.334 e. The van der Waals surface area contributed by atoms with Crippen LogP contribution < -0.4 is 0 Å². The number of hydrogen-bond acceptors (Lipinski definition) is 2. The zero-order valence-electron chi connectivity index (χ0n) is 7.82. The average Bonchev–Trinajstić information content (AvgIpc) is 2.20. The van der Waals surface area contributed by atoms with Crippen LogP contribution in [0, 0.1) is 11.8 Å². The molecule has 3 aliphatic carbocycles. The van der Waals surface area contributed by atoms with Crippen molar-refractivity contribution in [3.8, 4) is 0 Å². The molecule has 0 heterocycles. The van der Waals surface area contributed by atoms with E-state index in [-0.39, 0.29) is 5.97 Å². The molecule has 2 bridgehead atoms. The summed E-state index contributed by atoms with van der Waals surface area (Å²) >= 11 is 0. The van der Waals surface area contributed by atoms with Crippen LogP contribution in [-0.4, -0.2) is 12.6 Å². The van der Waals surface area contributed by atoms with Crippen molar-refractivity contribution in [2.24, 2.45) is 11.8 Å². The largest absolute Gasteiger partial charge is 0.463 e. The van der Waals surface area contributed by atoms with Crippen LogP contribution in [0.25, 0.3) is 0 Å². The van der Waals surface area contributed by atoms with Crippen molar-refractivity contribution in [2.75, 3.05) is 6.61 Å². The van der Waals surface area contributed by atoms with Gasteiger partial charge in [-0.15, -0.1) is 0 Å². The van der Waals surface area contributed by atoms with Crippen molar-refractivity contribution in [3.05, 3.63) is 23.8 Å². The van der Waals surface area contributed by atoms with E-state index < -0.39 is 0 Å². The lowest BCUT2D eigenvalue weighted by Crippen LogP contribution is -2.23. The van der Waals surface area contributed by atoms with E-state index in [1.54, 1.807) is 0 Å². The Labute approximate surface area is 78.3 Å². The van der Waals surface area contributed by atoms with Crippen LogP contribution in [0.4, 0.5) is 0 Å². The number of rotatable bonds is 2. The summed E-state index contributed by atoms with van der Waals surface area (Å²) in [7, 11) is 0. The van der Waals surface area contributed by atoms with Gasteiger partial charge in [-0.2, -0.15) is 0 Å². The third-order valence-electron chi connectivity index (χ3n) is 2.71. The molecule has 0 unspecified atom stereocenters. The molecular weight excluding hydrogens is 164 g/mol. The first kappa shape index (κ1) is 8.54. The predicted molar refractivity (Wildman–Crippen MR) is 50.1 cm³/mol. The van der Waals surface area contributed by atoms with Gasteiger partial charge in [-0.05, 0) is 25.7 Å². The van der Waals surface area contributed by atoms with Crippen molar-refractivity contribution in [1.29, 1.82) is 0 Å². The summed E-state index contributed by atoms with van der Waals surface area (Å²) in [5.74, 6) is 0.676. The van der Waals surface area contributed by atoms with Gasteiger partial charge in [-0.25, -0.2) is 4.79 Å². The fourth-order valence-corrected chi connectivity index (χ4v) is 2.03. The first-order chi connectivity index (χ1) is 6.31. The number of fused-ring (bicyclic) bond motifs is 1. The summed E-state index contributed by atoms with van der Waals surface area (Å²) in [4.78, 5) is 11.5. The number of hydrogen-bond donors (Lipinski definition) is 0. The molecule has 0 aromatic rings. The third-order valence-corrected chi connectivity index (χ3v) is 2.71. The molecule has 3 aliphatic rings. The molecule has 70 valence electrons. The van der Waals surface area contributed by atoms with Crippen LogP contribution in [0.15, 0.2) is 23.8 Å². The third kappa shape index (κ3) is 1.53. The Balaban J connectivity index is 2.13. The van der Waals surface area contributed by atoms with E-state index in [0.29, 0.717) is 18.4 Å². The van der Waals surface area contributed by atoms with Gasteiger partial charge in [0.05, 0.1) is 6.61 Å². The van der Waals surface area contributed by atoms with Crippen molar-refractivity contribution in [3.63, 3.8) is 0 Å². The number of carbonyl (C=O) groups is 1. The van der Waals surface area contributed by atoms with E-state index in [0.717, 1.165) is 12.0 Å². The molecule has 0 N–H and O–H groups in total. The quantitative estimate of drug-likeness (QED) is 0.478. The van der Waals surface area contributed by atoms with Gasteiger partial charge < -0.3 is 4.74 Å². The van der Waals surface area contributed by atoms with E-state index in [9.17, 15) is 4.79 Å². The Morgan fingerprint density at radius 2 is 2.38 bits per heavy atom. The highest BCUT2D eigenvalue weighted by molar-refractivity contribution is 5.90. The molecule has 13 heavy (non-hydrogen) atoms. The van der Waals surface area contributed by atoms with Crippen LogP contribution in [0.5, 0.6) is 0 Å². The Morgan fingerprint density at radius 3 is 2.85 bits per heavy atom. The maximum atomic E-state index is 11.5.